The lowest BCUT2D eigenvalue weighted by atomic mass is 9.98. The minimum atomic E-state index is -0.876. The molecule has 0 N–H and O–H groups in total. The summed E-state index contributed by atoms with van der Waals surface area (Å²) in [7, 11) is 0. The second-order valence-electron chi connectivity index (χ2n) is 3.84. The van der Waals surface area contributed by atoms with Gasteiger partial charge in [-0.3, -0.25) is 4.79 Å². The summed E-state index contributed by atoms with van der Waals surface area (Å²) >= 11 is 5.89. The maximum Gasteiger partial charge on any atom is 0.199 e. The van der Waals surface area contributed by atoms with Crippen molar-refractivity contribution in [3.63, 3.8) is 0 Å². The molecule has 0 bridgehead atoms. The first-order valence-corrected chi connectivity index (χ1v) is 5.64. The first-order valence-electron chi connectivity index (χ1n) is 5.26. The second-order valence-corrected chi connectivity index (χ2v) is 4.25. The molecule has 0 fully saturated rings. The van der Waals surface area contributed by atoms with E-state index in [0.29, 0.717) is 10.6 Å². The van der Waals surface area contributed by atoms with Crippen LogP contribution in [0.25, 0.3) is 0 Å². The van der Waals surface area contributed by atoms with Crippen LogP contribution in [0.1, 0.15) is 21.5 Å². The zero-order valence-corrected chi connectivity index (χ0v) is 10.3. The molecule has 0 aliphatic rings. The van der Waals surface area contributed by atoms with Crippen molar-refractivity contribution in [2.75, 3.05) is 0 Å². The predicted octanol–water partition coefficient (Wildman–Crippen LogP) is 4.16. The third-order valence-electron chi connectivity index (χ3n) is 2.70. The van der Waals surface area contributed by atoms with Gasteiger partial charge in [-0.05, 0) is 30.7 Å². The summed E-state index contributed by atoms with van der Waals surface area (Å²) in [6.07, 6.45) is 0. The van der Waals surface area contributed by atoms with E-state index in [2.05, 4.69) is 0 Å². The molecule has 2 aromatic rings. The monoisotopic (exact) mass is 266 g/mol. The summed E-state index contributed by atoms with van der Waals surface area (Å²) in [6, 6.07) is 8.00. The normalized spacial score (nSPS) is 10.4. The summed E-state index contributed by atoms with van der Waals surface area (Å²) < 4.78 is 27.0. The van der Waals surface area contributed by atoms with Crippen molar-refractivity contribution in [3.8, 4) is 0 Å². The zero-order valence-electron chi connectivity index (χ0n) is 9.51. The number of benzene rings is 2. The van der Waals surface area contributed by atoms with Crippen molar-refractivity contribution in [3.05, 3.63) is 69.7 Å². The van der Waals surface area contributed by atoms with Gasteiger partial charge < -0.3 is 0 Å². The fourth-order valence-corrected chi connectivity index (χ4v) is 1.88. The van der Waals surface area contributed by atoms with Crippen LogP contribution in [0.5, 0.6) is 0 Å². The molecule has 0 spiro atoms. The molecule has 0 atom stereocenters. The Hall–Kier alpha value is -1.74. The molecule has 2 aromatic carbocycles. The van der Waals surface area contributed by atoms with Crippen LogP contribution in [0.2, 0.25) is 5.02 Å². The molecule has 0 aliphatic carbocycles. The number of halogens is 3. The van der Waals surface area contributed by atoms with Crippen molar-refractivity contribution >= 4 is 17.4 Å². The van der Waals surface area contributed by atoms with Gasteiger partial charge in [0, 0.05) is 10.6 Å². The third-order valence-corrected chi connectivity index (χ3v) is 3.11. The van der Waals surface area contributed by atoms with Gasteiger partial charge in [-0.2, -0.15) is 0 Å². The van der Waals surface area contributed by atoms with E-state index in [1.54, 1.807) is 19.1 Å². The Morgan fingerprint density at radius 1 is 1.06 bits per heavy atom. The van der Waals surface area contributed by atoms with E-state index in [1.807, 2.05) is 0 Å². The Labute approximate surface area is 108 Å². The number of hydrogen-bond acceptors (Lipinski definition) is 1. The maximum absolute atomic E-state index is 13.5. The molecule has 2 rings (SSSR count). The number of ketones is 1. The highest BCUT2D eigenvalue weighted by Gasteiger charge is 2.20. The van der Waals surface area contributed by atoms with Crippen LogP contribution in [-0.2, 0) is 0 Å². The van der Waals surface area contributed by atoms with E-state index >= 15 is 0 Å². The molecular weight excluding hydrogens is 258 g/mol. The van der Waals surface area contributed by atoms with E-state index in [9.17, 15) is 13.6 Å². The van der Waals surface area contributed by atoms with E-state index < -0.39 is 23.0 Å². The molecule has 0 radical (unpaired) electrons. The lowest BCUT2D eigenvalue weighted by Crippen LogP contribution is -2.09. The Morgan fingerprint density at radius 3 is 2.22 bits per heavy atom. The van der Waals surface area contributed by atoms with Gasteiger partial charge in [0.15, 0.2) is 5.78 Å². The Morgan fingerprint density at radius 2 is 1.61 bits per heavy atom. The van der Waals surface area contributed by atoms with Crippen molar-refractivity contribution in [1.29, 1.82) is 0 Å². The second kappa shape index (κ2) is 4.86. The number of carbonyl (C=O) groups is 1. The van der Waals surface area contributed by atoms with Crippen LogP contribution in [0.3, 0.4) is 0 Å². The number of rotatable bonds is 2. The average molecular weight is 267 g/mol. The van der Waals surface area contributed by atoms with Gasteiger partial charge in [0.1, 0.15) is 11.6 Å². The van der Waals surface area contributed by atoms with Crippen LogP contribution >= 0.6 is 11.6 Å². The molecular formula is C14H9ClF2O. The molecule has 0 amide bonds. The van der Waals surface area contributed by atoms with E-state index in [-0.39, 0.29) is 5.56 Å². The molecule has 0 heterocycles. The van der Waals surface area contributed by atoms with E-state index in [1.165, 1.54) is 12.1 Å². The maximum atomic E-state index is 13.5. The summed E-state index contributed by atoms with van der Waals surface area (Å²) in [5, 5.41) is 0.387. The lowest BCUT2D eigenvalue weighted by Gasteiger charge is -2.08. The average Bonchev–Trinajstić information content (AvgIpc) is 2.32. The highest BCUT2D eigenvalue weighted by molar-refractivity contribution is 6.32. The van der Waals surface area contributed by atoms with Gasteiger partial charge in [-0.25, -0.2) is 8.78 Å². The quantitative estimate of drug-likeness (QED) is 0.746. The fraction of sp³-hybridized carbons (Fsp3) is 0.0714. The van der Waals surface area contributed by atoms with Gasteiger partial charge in [-0.15, -0.1) is 0 Å². The zero-order chi connectivity index (χ0) is 13.3. The molecule has 0 aromatic heterocycles. The Balaban J connectivity index is 2.59. The topological polar surface area (TPSA) is 17.1 Å². The van der Waals surface area contributed by atoms with E-state index in [4.69, 9.17) is 11.6 Å². The summed E-state index contributed by atoms with van der Waals surface area (Å²) in [5.41, 5.74) is 0.154. The summed E-state index contributed by atoms with van der Waals surface area (Å²) in [4.78, 5) is 12.1. The Kier molecular flexibility index (Phi) is 3.43. The minimum Gasteiger partial charge on any atom is -0.288 e. The van der Waals surface area contributed by atoms with Crippen LogP contribution in [-0.4, -0.2) is 5.78 Å². The Bertz CT molecular complexity index is 603. The molecule has 0 saturated heterocycles. The fourth-order valence-electron chi connectivity index (χ4n) is 1.70. The molecule has 92 valence electrons. The van der Waals surface area contributed by atoms with Gasteiger partial charge in [0.25, 0.3) is 0 Å². The minimum absolute atomic E-state index is 0.200. The van der Waals surface area contributed by atoms with Gasteiger partial charge >= 0.3 is 0 Å². The van der Waals surface area contributed by atoms with Crippen LogP contribution < -0.4 is 0 Å². The van der Waals surface area contributed by atoms with Gasteiger partial charge in [0.05, 0.1) is 5.56 Å². The highest BCUT2D eigenvalue weighted by atomic mass is 35.5. The largest absolute Gasteiger partial charge is 0.288 e. The molecule has 0 unspecified atom stereocenters. The van der Waals surface area contributed by atoms with Crippen molar-refractivity contribution in [2.45, 2.75) is 6.92 Å². The van der Waals surface area contributed by atoms with Gasteiger partial charge in [0.2, 0.25) is 0 Å². The molecule has 1 nitrogen and oxygen atoms in total. The molecule has 0 saturated carbocycles. The van der Waals surface area contributed by atoms with E-state index in [0.717, 1.165) is 12.1 Å². The standard InChI is InChI=1S/C14H9ClF2O/c1-8-9(4-2-5-10(8)15)14(18)13-11(16)6-3-7-12(13)17/h2-7H,1H3. The molecule has 4 heteroatoms. The van der Waals surface area contributed by atoms with Crippen molar-refractivity contribution < 1.29 is 13.6 Å². The SMILES string of the molecule is Cc1c(Cl)cccc1C(=O)c1c(F)cccc1F. The number of carbonyl (C=O) groups excluding carboxylic acids is 1. The van der Waals surface area contributed by atoms with Crippen LogP contribution in [0.4, 0.5) is 8.78 Å². The number of hydrogen-bond donors (Lipinski definition) is 0. The predicted molar refractivity (Wildman–Crippen MR) is 66.0 cm³/mol. The van der Waals surface area contributed by atoms with Crippen LogP contribution in [0, 0.1) is 18.6 Å². The lowest BCUT2D eigenvalue weighted by molar-refractivity contribution is 0.103. The van der Waals surface area contributed by atoms with Gasteiger partial charge in [-0.1, -0.05) is 29.8 Å². The van der Waals surface area contributed by atoms with Crippen molar-refractivity contribution in [1.82, 2.24) is 0 Å². The molecule has 0 aliphatic heterocycles. The molecule has 18 heavy (non-hydrogen) atoms. The smallest absolute Gasteiger partial charge is 0.199 e. The first kappa shape index (κ1) is 12.7. The van der Waals surface area contributed by atoms with Crippen molar-refractivity contribution in [2.24, 2.45) is 0 Å². The first-order chi connectivity index (χ1) is 8.52. The summed E-state index contributed by atoms with van der Waals surface area (Å²) in [5.74, 6) is -2.45. The van der Waals surface area contributed by atoms with Crippen LogP contribution in [0.15, 0.2) is 36.4 Å². The summed E-state index contributed by atoms with van der Waals surface area (Å²) in [6.45, 7) is 1.63. The highest BCUT2D eigenvalue weighted by Crippen LogP contribution is 2.23. The third kappa shape index (κ3) is 2.14.